The highest BCUT2D eigenvalue weighted by molar-refractivity contribution is 7.99. The summed E-state index contributed by atoms with van der Waals surface area (Å²) >= 11 is 8.05. The molecule has 5 N–H and O–H groups in total. The molecule has 0 bridgehead atoms. The van der Waals surface area contributed by atoms with E-state index in [1.54, 1.807) is 11.3 Å². The van der Waals surface area contributed by atoms with Gasteiger partial charge in [-0.05, 0) is 36.8 Å². The van der Waals surface area contributed by atoms with E-state index in [9.17, 15) is 19.2 Å². The fourth-order valence-corrected chi connectivity index (χ4v) is 5.63. The second kappa shape index (κ2) is 12.7. The Morgan fingerprint density at radius 2 is 1.89 bits per heavy atom. The van der Waals surface area contributed by atoms with Crippen LogP contribution >= 0.6 is 34.7 Å². The number of thiophene rings is 1. The molecule has 0 atom stereocenters. The average Bonchev–Trinajstić information content (AvgIpc) is 3.36. The third-order valence-corrected chi connectivity index (χ3v) is 7.47. The fourth-order valence-electron chi connectivity index (χ4n) is 3.52. The van der Waals surface area contributed by atoms with Crippen molar-refractivity contribution in [2.75, 3.05) is 28.9 Å². The third-order valence-electron chi connectivity index (χ3n) is 5.00. The zero-order valence-electron chi connectivity index (χ0n) is 19.0. The average molecular weight is 544 g/mol. The first kappa shape index (κ1) is 26.8. The van der Waals surface area contributed by atoms with Crippen LogP contribution in [0, 0.1) is 0 Å². The number of halogens is 1. The molecule has 2 aromatic rings. The molecule has 15 heteroatoms. The number of nitrogens with one attached hydrogen (secondary N) is 4. The van der Waals surface area contributed by atoms with Crippen LogP contribution < -0.4 is 21.6 Å². The Bertz CT molecular complexity index is 1100. The molecule has 0 unspecified atom stereocenters. The molecule has 3 amide bonds. The van der Waals surface area contributed by atoms with Gasteiger partial charge in [-0.2, -0.15) is 0 Å². The van der Waals surface area contributed by atoms with E-state index in [0.717, 1.165) is 48.0 Å². The maximum atomic E-state index is 12.0. The molecule has 3 rings (SSSR count). The van der Waals surface area contributed by atoms with Crippen LogP contribution in [0.25, 0.3) is 0 Å². The Kier molecular flexibility index (Phi) is 9.74. The smallest absolute Gasteiger partial charge is 0.305 e. The Balaban J connectivity index is 1.79. The first-order valence-electron chi connectivity index (χ1n) is 10.9. The lowest BCUT2D eigenvalue weighted by atomic mass is 9.94. The maximum absolute atomic E-state index is 12.0. The Morgan fingerprint density at radius 1 is 1.14 bits per heavy atom. The summed E-state index contributed by atoms with van der Waals surface area (Å²) < 4.78 is 1.45. The van der Waals surface area contributed by atoms with Crippen LogP contribution in [0.2, 0.25) is 0 Å². The van der Waals surface area contributed by atoms with Gasteiger partial charge in [-0.15, -0.1) is 33.1 Å². The highest BCUT2D eigenvalue weighted by Gasteiger charge is 2.24. The van der Waals surface area contributed by atoms with Crippen LogP contribution in [0.15, 0.2) is 5.16 Å². The standard InChI is InChI=1S/C20H26ClN7O5S2/c1-11(29)27-28-15(23-26-20(28)34-10-17(31)25-24-16(30)9-21)8-13-12-4-2-3-5-14(12)35-19(13)22-7-6-18(32)33/h22H,2-10H2,1H3,(H,24,30)(H,25,31)(H,27,29)(H,32,33). The number of thioether (sulfide) groups is 1. The van der Waals surface area contributed by atoms with E-state index in [-0.39, 0.29) is 24.0 Å². The predicted molar refractivity (Wildman–Crippen MR) is 132 cm³/mol. The van der Waals surface area contributed by atoms with E-state index in [4.69, 9.17) is 16.7 Å². The minimum absolute atomic E-state index is 0.00171. The molecule has 0 radical (unpaired) electrons. The first-order chi connectivity index (χ1) is 16.8. The molecule has 1 aliphatic carbocycles. The lowest BCUT2D eigenvalue weighted by Gasteiger charge is -2.14. The van der Waals surface area contributed by atoms with Gasteiger partial charge in [0, 0.05) is 24.8 Å². The summed E-state index contributed by atoms with van der Waals surface area (Å²) in [6, 6.07) is 0. The van der Waals surface area contributed by atoms with Crippen molar-refractivity contribution in [3.8, 4) is 0 Å². The van der Waals surface area contributed by atoms with Gasteiger partial charge in [-0.3, -0.25) is 35.5 Å². The topological polar surface area (TPSA) is 167 Å². The van der Waals surface area contributed by atoms with E-state index in [0.29, 0.717) is 23.9 Å². The number of nitrogens with zero attached hydrogens (tertiary/aromatic N) is 3. The van der Waals surface area contributed by atoms with Gasteiger partial charge in [0.2, 0.25) is 17.0 Å². The molecule has 190 valence electrons. The lowest BCUT2D eigenvalue weighted by Crippen LogP contribution is -2.43. The number of carbonyl (C=O) groups excluding carboxylic acids is 3. The summed E-state index contributed by atoms with van der Waals surface area (Å²) in [4.78, 5) is 47.3. The van der Waals surface area contributed by atoms with Crippen LogP contribution in [0.4, 0.5) is 5.00 Å². The van der Waals surface area contributed by atoms with Gasteiger partial charge < -0.3 is 10.4 Å². The van der Waals surface area contributed by atoms with Crippen molar-refractivity contribution in [3.05, 3.63) is 21.8 Å². The number of hydrogen-bond acceptors (Lipinski definition) is 9. The zero-order chi connectivity index (χ0) is 25.4. The number of alkyl halides is 1. The summed E-state index contributed by atoms with van der Waals surface area (Å²) in [7, 11) is 0. The second-order valence-corrected chi connectivity index (χ2v) is 10.0. The minimum Gasteiger partial charge on any atom is -0.481 e. The van der Waals surface area contributed by atoms with Crippen LogP contribution in [0.5, 0.6) is 0 Å². The van der Waals surface area contributed by atoms with Gasteiger partial charge in [0.15, 0.2) is 5.82 Å². The Hall–Kier alpha value is -2.84. The summed E-state index contributed by atoms with van der Waals surface area (Å²) in [5.41, 5.74) is 9.36. The number of aliphatic carboxylic acids is 1. The molecule has 35 heavy (non-hydrogen) atoms. The molecular formula is C20H26ClN7O5S2. The number of carboxylic acids is 1. The monoisotopic (exact) mass is 543 g/mol. The number of carbonyl (C=O) groups is 4. The van der Waals surface area contributed by atoms with Gasteiger partial charge in [-0.25, -0.2) is 4.68 Å². The number of carboxylic acid groups (broad SMARTS) is 1. The summed E-state index contributed by atoms with van der Waals surface area (Å²) in [6.45, 7) is 1.66. The molecule has 2 aromatic heterocycles. The van der Waals surface area contributed by atoms with Crippen LogP contribution in [-0.2, 0) is 38.4 Å². The Morgan fingerprint density at radius 3 is 2.60 bits per heavy atom. The number of hydrogen-bond donors (Lipinski definition) is 5. The molecule has 2 heterocycles. The highest BCUT2D eigenvalue weighted by atomic mass is 35.5. The lowest BCUT2D eigenvalue weighted by molar-refractivity contribution is -0.136. The van der Waals surface area contributed by atoms with Crippen molar-refractivity contribution >= 4 is 63.4 Å². The quantitative estimate of drug-likeness (QED) is 0.159. The molecule has 0 saturated heterocycles. The normalized spacial score (nSPS) is 12.5. The van der Waals surface area contributed by atoms with Crippen molar-refractivity contribution in [2.45, 2.75) is 50.6 Å². The molecule has 12 nitrogen and oxygen atoms in total. The predicted octanol–water partition coefficient (Wildman–Crippen LogP) is 1.26. The van der Waals surface area contributed by atoms with E-state index in [1.807, 2.05) is 0 Å². The van der Waals surface area contributed by atoms with Gasteiger partial charge >= 0.3 is 5.97 Å². The highest BCUT2D eigenvalue weighted by Crippen LogP contribution is 2.39. The molecular weight excluding hydrogens is 518 g/mol. The second-order valence-electron chi connectivity index (χ2n) is 7.69. The molecule has 0 aromatic carbocycles. The van der Waals surface area contributed by atoms with Crippen molar-refractivity contribution in [3.63, 3.8) is 0 Å². The van der Waals surface area contributed by atoms with Gasteiger partial charge in [0.1, 0.15) is 5.88 Å². The van der Waals surface area contributed by atoms with E-state index >= 15 is 0 Å². The zero-order valence-corrected chi connectivity index (χ0v) is 21.4. The number of hydrazine groups is 1. The van der Waals surface area contributed by atoms with E-state index in [2.05, 4.69) is 31.8 Å². The van der Waals surface area contributed by atoms with Crippen LogP contribution in [0.1, 0.15) is 48.0 Å². The summed E-state index contributed by atoms with van der Waals surface area (Å²) in [5, 5.41) is 21.8. The third kappa shape index (κ3) is 7.57. The van der Waals surface area contributed by atoms with Crippen molar-refractivity contribution in [1.82, 2.24) is 25.7 Å². The van der Waals surface area contributed by atoms with Gasteiger partial charge in [0.25, 0.3) is 5.91 Å². The minimum atomic E-state index is -0.876. The molecule has 0 saturated carbocycles. The number of aryl methyl sites for hydroxylation is 1. The van der Waals surface area contributed by atoms with Gasteiger partial charge in [0.05, 0.1) is 17.2 Å². The number of aromatic nitrogens is 3. The SMILES string of the molecule is CC(=O)Nn1c(Cc2c(NCCC(=O)O)sc3c2CCCC3)nnc1SCC(=O)NNC(=O)CCl. The van der Waals surface area contributed by atoms with Gasteiger partial charge in [-0.1, -0.05) is 11.8 Å². The van der Waals surface area contributed by atoms with Crippen LogP contribution in [-0.4, -0.2) is 61.8 Å². The van der Waals surface area contributed by atoms with Crippen molar-refractivity contribution < 1.29 is 24.3 Å². The van der Waals surface area contributed by atoms with Crippen molar-refractivity contribution in [1.29, 1.82) is 0 Å². The largest absolute Gasteiger partial charge is 0.481 e. The molecule has 1 aliphatic rings. The number of anilines is 1. The van der Waals surface area contributed by atoms with Crippen molar-refractivity contribution in [2.24, 2.45) is 0 Å². The summed E-state index contributed by atoms with van der Waals surface area (Å²) in [5.74, 6) is -2.13. The number of fused-ring (bicyclic) bond motifs is 1. The van der Waals surface area contributed by atoms with E-state index < -0.39 is 17.8 Å². The first-order valence-corrected chi connectivity index (χ1v) is 13.2. The molecule has 0 fully saturated rings. The van der Waals surface area contributed by atoms with Crippen LogP contribution in [0.3, 0.4) is 0 Å². The Labute approximate surface area is 214 Å². The fraction of sp³-hybridized carbons (Fsp3) is 0.500. The number of amides is 3. The maximum Gasteiger partial charge on any atom is 0.305 e. The van der Waals surface area contributed by atoms with E-state index in [1.165, 1.54) is 22.0 Å². The molecule has 0 aliphatic heterocycles. The summed E-state index contributed by atoms with van der Waals surface area (Å²) in [6.07, 6.45) is 4.44. The number of rotatable bonds is 11. The molecule has 0 spiro atoms.